The zero-order valence-electron chi connectivity index (χ0n) is 19.2. The zero-order chi connectivity index (χ0) is 25.5. The number of hydrogen-bond donors (Lipinski definition) is 2. The van der Waals surface area contributed by atoms with Gasteiger partial charge in [0.2, 0.25) is 11.0 Å². The number of nitrogens with zero attached hydrogens (tertiary/aromatic N) is 4. The van der Waals surface area contributed by atoms with Crippen molar-refractivity contribution in [1.82, 2.24) is 20.0 Å². The molecule has 13 heteroatoms. The van der Waals surface area contributed by atoms with Crippen LogP contribution in [0.3, 0.4) is 0 Å². The Labute approximate surface area is 213 Å². The van der Waals surface area contributed by atoms with Crippen LogP contribution < -0.4 is 20.1 Å². The number of halogens is 1. The summed E-state index contributed by atoms with van der Waals surface area (Å²) in [7, 11) is 1.42. The molecule has 0 aliphatic heterocycles. The van der Waals surface area contributed by atoms with Crippen LogP contribution in [-0.2, 0) is 4.79 Å². The first kappa shape index (κ1) is 25.1. The number of benzene rings is 2. The van der Waals surface area contributed by atoms with Gasteiger partial charge in [-0.2, -0.15) is 5.10 Å². The predicted octanol–water partition coefficient (Wildman–Crippen LogP) is 4.25. The molecule has 0 unspecified atom stereocenters. The van der Waals surface area contributed by atoms with E-state index in [1.807, 2.05) is 19.1 Å². The van der Waals surface area contributed by atoms with Crippen LogP contribution in [0.2, 0.25) is 0 Å². The highest BCUT2D eigenvalue weighted by Gasteiger charge is 2.20. The average molecular weight is 529 g/mol. The summed E-state index contributed by atoms with van der Waals surface area (Å²) >= 11 is 2.31. The molecule has 2 heterocycles. The first-order valence-electron chi connectivity index (χ1n) is 10.7. The molecule has 4 aromatic rings. The lowest BCUT2D eigenvalue weighted by Crippen LogP contribution is -2.14. The normalized spacial score (nSPS) is 10.6. The van der Waals surface area contributed by atoms with Gasteiger partial charge in [0.1, 0.15) is 11.6 Å². The lowest BCUT2D eigenvalue weighted by Gasteiger charge is -2.10. The number of anilines is 2. The number of rotatable bonds is 10. The lowest BCUT2D eigenvalue weighted by molar-refractivity contribution is -0.113. The van der Waals surface area contributed by atoms with Crippen molar-refractivity contribution in [2.45, 2.75) is 11.3 Å². The van der Waals surface area contributed by atoms with Gasteiger partial charge in [-0.15, -0.1) is 10.2 Å². The monoisotopic (exact) mass is 528 g/mol. The largest absolute Gasteiger partial charge is 0.493 e. The molecule has 0 radical (unpaired) electrons. The molecular formula is C23H21FN6O4S2. The fraction of sp³-hybridized carbons (Fsp3) is 0.174. The van der Waals surface area contributed by atoms with E-state index in [1.165, 1.54) is 54.0 Å². The van der Waals surface area contributed by atoms with Crippen LogP contribution >= 0.6 is 23.1 Å². The number of thioether (sulfide) groups is 1. The molecule has 2 N–H and O–H groups in total. The van der Waals surface area contributed by atoms with E-state index in [9.17, 15) is 14.0 Å². The van der Waals surface area contributed by atoms with Crippen molar-refractivity contribution in [3.63, 3.8) is 0 Å². The fourth-order valence-electron chi connectivity index (χ4n) is 3.03. The Morgan fingerprint density at radius 3 is 2.61 bits per heavy atom. The third kappa shape index (κ3) is 6.17. The summed E-state index contributed by atoms with van der Waals surface area (Å²) in [5, 5.41) is 17.9. The summed E-state index contributed by atoms with van der Waals surface area (Å²) in [4.78, 5) is 25.2. The Balaban J connectivity index is 1.36. The molecular weight excluding hydrogens is 507 g/mol. The minimum Gasteiger partial charge on any atom is -0.493 e. The van der Waals surface area contributed by atoms with Gasteiger partial charge >= 0.3 is 0 Å². The molecule has 2 aromatic carbocycles. The number of hydrogen-bond acceptors (Lipinski definition) is 9. The summed E-state index contributed by atoms with van der Waals surface area (Å²) in [6.07, 6.45) is 1.52. The van der Waals surface area contributed by atoms with Gasteiger partial charge in [0.05, 0.1) is 37.0 Å². The molecule has 0 aliphatic carbocycles. The van der Waals surface area contributed by atoms with Gasteiger partial charge in [-0.25, -0.2) is 9.07 Å². The molecule has 36 heavy (non-hydrogen) atoms. The molecule has 4 rings (SSSR count). The van der Waals surface area contributed by atoms with Gasteiger partial charge in [0.25, 0.3) is 5.91 Å². The number of methoxy groups -OCH3 is 1. The van der Waals surface area contributed by atoms with Gasteiger partial charge in [-0.3, -0.25) is 14.9 Å². The molecule has 0 spiro atoms. The van der Waals surface area contributed by atoms with E-state index in [2.05, 4.69) is 25.9 Å². The van der Waals surface area contributed by atoms with Crippen LogP contribution in [0.5, 0.6) is 11.5 Å². The van der Waals surface area contributed by atoms with E-state index >= 15 is 0 Å². The highest BCUT2D eigenvalue weighted by Crippen LogP contribution is 2.28. The number of carbonyl (C=O) groups excluding carboxylic acids is 2. The number of nitrogens with one attached hydrogen (secondary N) is 2. The van der Waals surface area contributed by atoms with Crippen LogP contribution in [-0.4, -0.2) is 51.3 Å². The van der Waals surface area contributed by atoms with E-state index in [0.717, 1.165) is 11.3 Å². The number of carbonyl (C=O) groups is 2. The lowest BCUT2D eigenvalue weighted by atomic mass is 10.3. The fourth-order valence-corrected chi connectivity index (χ4v) is 4.58. The molecule has 0 aliphatic rings. The SMILES string of the molecule is CCOc1ccccc1NC(=O)CSc1nnc(NC(=O)c2nn(-c3ccc(F)cc3)cc2OC)s1. The van der Waals surface area contributed by atoms with E-state index in [-0.39, 0.29) is 34.1 Å². The molecule has 0 saturated heterocycles. The van der Waals surface area contributed by atoms with E-state index in [1.54, 1.807) is 12.1 Å². The number of aromatic nitrogens is 4. The minimum atomic E-state index is -0.550. The Morgan fingerprint density at radius 1 is 1.08 bits per heavy atom. The predicted molar refractivity (Wildman–Crippen MR) is 135 cm³/mol. The molecule has 0 bridgehead atoms. The summed E-state index contributed by atoms with van der Waals surface area (Å²) in [6.45, 7) is 2.35. The zero-order valence-corrected chi connectivity index (χ0v) is 20.9. The van der Waals surface area contributed by atoms with Crippen LogP contribution in [0.4, 0.5) is 15.2 Å². The van der Waals surface area contributed by atoms with Crippen molar-refractivity contribution in [3.8, 4) is 17.2 Å². The van der Waals surface area contributed by atoms with Crippen molar-refractivity contribution < 1.29 is 23.5 Å². The molecule has 0 saturated carbocycles. The van der Waals surface area contributed by atoms with Crippen molar-refractivity contribution in [1.29, 1.82) is 0 Å². The molecule has 0 atom stereocenters. The molecule has 10 nitrogen and oxygen atoms in total. The Kier molecular flexibility index (Phi) is 8.13. The van der Waals surface area contributed by atoms with Crippen molar-refractivity contribution in [3.05, 3.63) is 66.2 Å². The van der Waals surface area contributed by atoms with Gasteiger partial charge < -0.3 is 14.8 Å². The van der Waals surface area contributed by atoms with Gasteiger partial charge in [0.15, 0.2) is 15.8 Å². The standard InChI is InChI=1S/C23H21FN6O4S2/c1-3-34-17-7-5-4-6-16(17)25-19(31)13-35-23-28-27-22(36-23)26-21(32)20-18(33-2)12-30(29-20)15-10-8-14(24)9-11-15/h4-12H,3,13H2,1-2H3,(H,25,31)(H,26,27,32). The summed E-state index contributed by atoms with van der Waals surface area (Å²) in [5.41, 5.74) is 1.17. The Morgan fingerprint density at radius 2 is 1.86 bits per heavy atom. The smallest absolute Gasteiger partial charge is 0.281 e. The molecule has 2 aromatic heterocycles. The Bertz CT molecular complexity index is 1360. The minimum absolute atomic E-state index is 0.0265. The van der Waals surface area contributed by atoms with Crippen molar-refractivity contribution in [2.75, 3.05) is 30.1 Å². The number of amides is 2. The van der Waals surface area contributed by atoms with Crippen LogP contribution in [0.15, 0.2) is 59.1 Å². The van der Waals surface area contributed by atoms with Crippen LogP contribution in [0, 0.1) is 5.82 Å². The highest BCUT2D eigenvalue weighted by atomic mass is 32.2. The first-order valence-corrected chi connectivity index (χ1v) is 12.5. The van der Waals surface area contributed by atoms with Crippen LogP contribution in [0.25, 0.3) is 5.69 Å². The maximum atomic E-state index is 13.2. The van der Waals surface area contributed by atoms with Gasteiger partial charge in [-0.1, -0.05) is 35.2 Å². The number of para-hydroxylation sites is 2. The van der Waals surface area contributed by atoms with Gasteiger partial charge in [0, 0.05) is 0 Å². The summed E-state index contributed by atoms with van der Waals surface area (Å²) in [5.74, 6) is -0.237. The summed E-state index contributed by atoms with van der Waals surface area (Å²) < 4.78 is 25.9. The first-order chi connectivity index (χ1) is 17.5. The Hall–Kier alpha value is -3.97. The maximum absolute atomic E-state index is 13.2. The van der Waals surface area contributed by atoms with E-state index in [0.29, 0.717) is 28.1 Å². The molecule has 186 valence electrons. The van der Waals surface area contributed by atoms with Crippen LogP contribution in [0.1, 0.15) is 17.4 Å². The van der Waals surface area contributed by atoms with Crippen molar-refractivity contribution >= 4 is 45.7 Å². The molecule has 0 fully saturated rings. The van der Waals surface area contributed by atoms with Gasteiger partial charge in [-0.05, 0) is 43.3 Å². The second kappa shape index (κ2) is 11.6. The topological polar surface area (TPSA) is 120 Å². The molecule has 2 amide bonds. The highest BCUT2D eigenvalue weighted by molar-refractivity contribution is 8.01. The summed E-state index contributed by atoms with van der Waals surface area (Å²) in [6, 6.07) is 12.8. The van der Waals surface area contributed by atoms with E-state index < -0.39 is 5.91 Å². The third-order valence-electron chi connectivity index (χ3n) is 4.62. The second-order valence-electron chi connectivity index (χ2n) is 7.06. The maximum Gasteiger partial charge on any atom is 0.281 e. The van der Waals surface area contributed by atoms with E-state index in [4.69, 9.17) is 9.47 Å². The quantitative estimate of drug-likeness (QED) is 0.232. The second-order valence-corrected chi connectivity index (χ2v) is 9.26. The third-order valence-corrected chi connectivity index (χ3v) is 6.59. The number of ether oxygens (including phenoxy) is 2. The average Bonchev–Trinajstić information content (AvgIpc) is 3.51. The van der Waals surface area contributed by atoms with Crippen molar-refractivity contribution in [2.24, 2.45) is 0 Å².